The number of nitrogens with one attached hydrogen (secondary N) is 1. The molecule has 0 bridgehead atoms. The Hall–Kier alpha value is -2.00. The molecule has 0 radical (unpaired) electrons. The van der Waals surface area contributed by atoms with E-state index in [-0.39, 0.29) is 31.0 Å². The third-order valence-electron chi connectivity index (χ3n) is 7.23. The van der Waals surface area contributed by atoms with Gasteiger partial charge in [-0.1, -0.05) is 56.7 Å². The van der Waals surface area contributed by atoms with Crippen LogP contribution in [-0.2, 0) is 36.9 Å². The van der Waals surface area contributed by atoms with Crippen LogP contribution < -0.4 is 5.48 Å². The van der Waals surface area contributed by atoms with Crippen molar-refractivity contribution in [2.45, 2.75) is 82.5 Å². The van der Waals surface area contributed by atoms with Gasteiger partial charge in [-0.3, -0.25) is 10.0 Å². The summed E-state index contributed by atoms with van der Waals surface area (Å²) in [7, 11) is -4.02. The zero-order chi connectivity index (χ0) is 26.2. The van der Waals surface area contributed by atoms with Crippen molar-refractivity contribution in [2.75, 3.05) is 19.8 Å². The first kappa shape index (κ1) is 28.6. The second kappa shape index (κ2) is 12.5. The number of hydroxylamine groups is 1. The summed E-state index contributed by atoms with van der Waals surface area (Å²) in [6, 6.07) is 8.77. The standard InChI is InChI=1S/C28H41NO6S/c1-22(2)7-4-8-23-9-5-10-24(21-23)11-6-18-35-27(3)14-12-25(13-15-27)36(32,33)28(26(30)29-31)16-19-34-20-17-28/h5,9-10,12-14,21-22,31H,4,6-8,11,15-20H2,1-3H3,(H,29,30). The van der Waals surface area contributed by atoms with Crippen molar-refractivity contribution in [3.05, 3.63) is 58.5 Å². The van der Waals surface area contributed by atoms with Crippen LogP contribution in [0.3, 0.4) is 0 Å². The lowest BCUT2D eigenvalue weighted by atomic mass is 9.97. The molecule has 36 heavy (non-hydrogen) atoms. The molecule has 8 heteroatoms. The van der Waals surface area contributed by atoms with E-state index in [4.69, 9.17) is 9.47 Å². The van der Waals surface area contributed by atoms with Crippen LogP contribution in [0.25, 0.3) is 0 Å². The molecule has 0 aromatic heterocycles. The number of carbonyl (C=O) groups is 1. The van der Waals surface area contributed by atoms with E-state index >= 15 is 0 Å². The Balaban J connectivity index is 1.53. The minimum atomic E-state index is -4.02. The van der Waals surface area contributed by atoms with E-state index in [9.17, 15) is 18.4 Å². The van der Waals surface area contributed by atoms with E-state index in [0.717, 1.165) is 25.2 Å². The van der Waals surface area contributed by atoms with E-state index < -0.39 is 26.1 Å². The predicted molar refractivity (Wildman–Crippen MR) is 140 cm³/mol. The van der Waals surface area contributed by atoms with Crippen molar-refractivity contribution in [1.82, 2.24) is 5.48 Å². The lowest BCUT2D eigenvalue weighted by Crippen LogP contribution is -2.55. The maximum atomic E-state index is 13.4. The number of sulfone groups is 1. The van der Waals surface area contributed by atoms with E-state index in [2.05, 4.69) is 38.1 Å². The fourth-order valence-corrected chi connectivity index (χ4v) is 6.88. The van der Waals surface area contributed by atoms with Crippen LogP contribution in [0, 0.1) is 5.92 Å². The molecule has 1 aliphatic carbocycles. The maximum Gasteiger partial charge on any atom is 0.265 e. The fourth-order valence-electron chi connectivity index (χ4n) is 4.89. The van der Waals surface area contributed by atoms with E-state index in [1.54, 1.807) is 17.6 Å². The van der Waals surface area contributed by atoms with Gasteiger partial charge in [0.2, 0.25) is 0 Å². The van der Waals surface area contributed by atoms with E-state index in [1.165, 1.54) is 30.0 Å². The summed E-state index contributed by atoms with van der Waals surface area (Å²) in [5.41, 5.74) is 3.63. The highest BCUT2D eigenvalue weighted by Crippen LogP contribution is 2.38. The molecule has 3 rings (SSSR count). The molecular weight excluding hydrogens is 478 g/mol. The van der Waals surface area contributed by atoms with Gasteiger partial charge >= 0.3 is 0 Å². The number of rotatable bonds is 12. The van der Waals surface area contributed by atoms with Gasteiger partial charge in [-0.25, -0.2) is 13.9 Å². The number of allylic oxidation sites excluding steroid dienone is 1. The Morgan fingerprint density at radius 1 is 1.17 bits per heavy atom. The molecule has 2 N–H and O–H groups in total. The summed E-state index contributed by atoms with van der Waals surface area (Å²) in [6.45, 7) is 7.29. The third-order valence-corrected chi connectivity index (χ3v) is 9.77. The molecule has 1 saturated heterocycles. The monoisotopic (exact) mass is 519 g/mol. The van der Waals surface area contributed by atoms with E-state index in [1.807, 2.05) is 6.92 Å². The topological polar surface area (TPSA) is 102 Å². The molecule has 1 atom stereocenters. The summed E-state index contributed by atoms with van der Waals surface area (Å²) in [5.74, 6) is -0.178. The number of carbonyl (C=O) groups excluding carboxylic acids is 1. The highest BCUT2D eigenvalue weighted by Gasteiger charge is 2.53. The largest absolute Gasteiger partial charge is 0.381 e. The van der Waals surface area contributed by atoms with Gasteiger partial charge in [0.05, 0.1) is 10.5 Å². The first-order chi connectivity index (χ1) is 17.1. The first-order valence-electron chi connectivity index (χ1n) is 13.0. The number of hydrogen-bond donors (Lipinski definition) is 2. The molecule has 7 nitrogen and oxygen atoms in total. The molecule has 2 aliphatic rings. The van der Waals surface area contributed by atoms with Crippen LogP contribution >= 0.6 is 0 Å². The molecule has 200 valence electrons. The Bertz CT molecular complexity index is 1060. The van der Waals surface area contributed by atoms with Crippen LogP contribution in [0.1, 0.15) is 70.4 Å². The summed E-state index contributed by atoms with van der Waals surface area (Å²) in [4.78, 5) is 12.5. The van der Waals surface area contributed by atoms with Crippen molar-refractivity contribution in [3.63, 3.8) is 0 Å². The van der Waals surface area contributed by atoms with Crippen molar-refractivity contribution >= 4 is 15.7 Å². The van der Waals surface area contributed by atoms with Gasteiger partial charge in [0.15, 0.2) is 14.6 Å². The summed E-state index contributed by atoms with van der Waals surface area (Å²) in [6.07, 6.45) is 10.7. The molecule has 0 saturated carbocycles. The highest BCUT2D eigenvalue weighted by atomic mass is 32.2. The molecule has 1 aromatic carbocycles. The van der Waals surface area contributed by atoms with Crippen LogP contribution in [0.15, 0.2) is 47.4 Å². The summed E-state index contributed by atoms with van der Waals surface area (Å²) < 4.78 is 36.6. The number of amides is 1. The highest BCUT2D eigenvalue weighted by molar-refractivity contribution is 7.97. The SMILES string of the molecule is CC(C)CCCc1cccc(CCCOC2(C)C=CC(S(=O)(=O)C3(C(=O)NO)CCOCC3)=CC2)c1. The summed E-state index contributed by atoms with van der Waals surface area (Å²) in [5, 5.41) is 9.21. The van der Waals surface area contributed by atoms with Gasteiger partial charge in [0, 0.05) is 19.8 Å². The van der Waals surface area contributed by atoms with Crippen molar-refractivity contribution in [2.24, 2.45) is 5.92 Å². The molecule has 1 unspecified atom stereocenters. The van der Waals surface area contributed by atoms with Crippen molar-refractivity contribution in [3.8, 4) is 0 Å². The van der Waals surface area contributed by atoms with Gasteiger partial charge in [0.1, 0.15) is 0 Å². The molecule has 1 aromatic rings. The smallest absolute Gasteiger partial charge is 0.265 e. The predicted octanol–water partition coefficient (Wildman–Crippen LogP) is 4.69. The van der Waals surface area contributed by atoms with Crippen LogP contribution in [0.4, 0.5) is 0 Å². The Morgan fingerprint density at radius 2 is 1.83 bits per heavy atom. The van der Waals surface area contributed by atoms with Crippen molar-refractivity contribution in [1.29, 1.82) is 0 Å². The van der Waals surface area contributed by atoms with Crippen LogP contribution in [0.5, 0.6) is 0 Å². The van der Waals surface area contributed by atoms with E-state index in [0.29, 0.717) is 13.0 Å². The number of benzene rings is 1. The Morgan fingerprint density at radius 3 is 2.42 bits per heavy atom. The second-order valence-electron chi connectivity index (χ2n) is 10.6. The van der Waals surface area contributed by atoms with Crippen LogP contribution in [-0.4, -0.2) is 49.7 Å². The zero-order valence-electron chi connectivity index (χ0n) is 21.8. The lowest BCUT2D eigenvalue weighted by molar-refractivity contribution is -0.134. The molecule has 1 amide bonds. The third kappa shape index (κ3) is 6.85. The average molecular weight is 520 g/mol. The van der Waals surface area contributed by atoms with Crippen molar-refractivity contribution < 1.29 is 27.9 Å². The van der Waals surface area contributed by atoms with Crippen LogP contribution in [0.2, 0.25) is 0 Å². The zero-order valence-corrected chi connectivity index (χ0v) is 22.6. The molecule has 1 heterocycles. The first-order valence-corrected chi connectivity index (χ1v) is 14.5. The van der Waals surface area contributed by atoms with Gasteiger partial charge in [-0.15, -0.1) is 0 Å². The molecule has 1 fully saturated rings. The average Bonchev–Trinajstić information content (AvgIpc) is 2.87. The molecule has 1 aliphatic heterocycles. The quantitative estimate of drug-likeness (QED) is 0.236. The number of aryl methyl sites for hydroxylation is 2. The molecular formula is C28H41NO6S. The van der Waals surface area contributed by atoms with Gasteiger partial charge in [-0.2, -0.15) is 0 Å². The van der Waals surface area contributed by atoms with Gasteiger partial charge < -0.3 is 9.47 Å². The lowest BCUT2D eigenvalue weighted by Gasteiger charge is -2.36. The Kier molecular flexibility index (Phi) is 9.92. The number of ether oxygens (including phenoxy) is 2. The minimum absolute atomic E-state index is 0.000396. The number of hydrogen-bond acceptors (Lipinski definition) is 6. The Labute approximate surface area is 215 Å². The minimum Gasteiger partial charge on any atom is -0.381 e. The molecule has 0 spiro atoms. The maximum absolute atomic E-state index is 13.4. The fraction of sp³-hybridized carbons (Fsp3) is 0.607. The normalized spacial score (nSPS) is 21.9. The van der Waals surface area contributed by atoms with Gasteiger partial charge in [-0.05, 0) is 75.0 Å². The van der Waals surface area contributed by atoms with Gasteiger partial charge in [0.25, 0.3) is 5.91 Å². The summed E-state index contributed by atoms with van der Waals surface area (Å²) >= 11 is 0. The second-order valence-corrected chi connectivity index (χ2v) is 12.8.